The van der Waals surface area contributed by atoms with Gasteiger partial charge in [0.1, 0.15) is 11.1 Å². The van der Waals surface area contributed by atoms with Gasteiger partial charge in [0.2, 0.25) is 5.91 Å². The molecule has 3 aromatic rings. The predicted octanol–water partition coefficient (Wildman–Crippen LogP) is 4.86. The maximum absolute atomic E-state index is 12.6. The number of carbonyl (C=O) groups is 1. The lowest BCUT2D eigenvalue weighted by atomic mass is 9.95. The van der Waals surface area contributed by atoms with E-state index in [1.165, 1.54) is 11.8 Å². The molecule has 1 amide bonds. The van der Waals surface area contributed by atoms with Crippen LogP contribution in [-0.2, 0) is 17.6 Å². The Morgan fingerprint density at radius 2 is 1.91 bits per heavy atom. The van der Waals surface area contributed by atoms with Gasteiger partial charge in [-0.05, 0) is 42.5 Å². The Bertz CT molecular complexity index is 1190. The van der Waals surface area contributed by atoms with Crippen molar-refractivity contribution in [3.8, 4) is 28.7 Å². The lowest BCUT2D eigenvalue weighted by Gasteiger charge is -2.14. The third-order valence-electron chi connectivity index (χ3n) is 5.37. The number of nitrogens with one attached hydrogen (secondary N) is 1. The Labute approximate surface area is 191 Å². The number of benzene rings is 2. The van der Waals surface area contributed by atoms with Crippen molar-refractivity contribution >= 4 is 23.4 Å². The zero-order valence-corrected chi connectivity index (χ0v) is 18.8. The first kappa shape index (κ1) is 21.7. The van der Waals surface area contributed by atoms with Crippen LogP contribution in [0.15, 0.2) is 53.6 Å². The summed E-state index contributed by atoms with van der Waals surface area (Å²) < 4.78 is 10.5. The number of methoxy groups -OCH3 is 2. The molecule has 0 radical (unpaired) electrons. The molecule has 0 fully saturated rings. The highest BCUT2D eigenvalue weighted by molar-refractivity contribution is 8.00. The molecule has 1 aliphatic rings. The average molecular weight is 446 g/mol. The highest BCUT2D eigenvalue weighted by Crippen LogP contribution is 2.38. The molecule has 0 atom stereocenters. The largest absolute Gasteiger partial charge is 0.493 e. The van der Waals surface area contributed by atoms with E-state index >= 15 is 0 Å². The summed E-state index contributed by atoms with van der Waals surface area (Å²) in [6.45, 7) is 0. The SMILES string of the molecule is COc1ccc(NC(=O)CSc2nc3c(c(-c4ccccc4)c2C#N)CCC3)cc1OC. The molecule has 0 unspecified atom stereocenters. The molecule has 0 aliphatic heterocycles. The topological polar surface area (TPSA) is 84.2 Å². The van der Waals surface area contributed by atoms with Gasteiger partial charge in [-0.2, -0.15) is 5.26 Å². The summed E-state index contributed by atoms with van der Waals surface area (Å²) in [6.07, 6.45) is 2.85. The smallest absolute Gasteiger partial charge is 0.234 e. The molecule has 0 saturated carbocycles. The summed E-state index contributed by atoms with van der Waals surface area (Å²) in [6, 6.07) is 17.5. The number of amides is 1. The summed E-state index contributed by atoms with van der Waals surface area (Å²) in [5, 5.41) is 13.4. The zero-order chi connectivity index (χ0) is 22.5. The molecule has 1 N–H and O–H groups in total. The van der Waals surface area contributed by atoms with E-state index in [4.69, 9.17) is 14.5 Å². The molecule has 1 aromatic heterocycles. The summed E-state index contributed by atoms with van der Waals surface area (Å²) in [5.41, 5.74) is 5.32. The number of ether oxygens (including phenoxy) is 2. The van der Waals surface area contributed by atoms with Crippen LogP contribution >= 0.6 is 11.8 Å². The summed E-state index contributed by atoms with van der Waals surface area (Å²) in [4.78, 5) is 17.4. The van der Waals surface area contributed by atoms with Gasteiger partial charge in [-0.1, -0.05) is 42.1 Å². The molecular formula is C25H23N3O3S. The van der Waals surface area contributed by atoms with Crippen LogP contribution in [0.4, 0.5) is 5.69 Å². The minimum absolute atomic E-state index is 0.142. The number of carbonyl (C=O) groups excluding carboxylic acids is 1. The van der Waals surface area contributed by atoms with Crippen LogP contribution in [0.5, 0.6) is 11.5 Å². The van der Waals surface area contributed by atoms with E-state index in [0.717, 1.165) is 41.6 Å². The first-order valence-electron chi connectivity index (χ1n) is 10.3. The molecule has 2 aromatic carbocycles. The summed E-state index contributed by atoms with van der Waals surface area (Å²) in [7, 11) is 3.11. The maximum Gasteiger partial charge on any atom is 0.234 e. The van der Waals surface area contributed by atoms with Crippen molar-refractivity contribution in [1.29, 1.82) is 5.26 Å². The van der Waals surface area contributed by atoms with Gasteiger partial charge >= 0.3 is 0 Å². The fourth-order valence-electron chi connectivity index (χ4n) is 3.93. The van der Waals surface area contributed by atoms with Crippen LogP contribution in [0, 0.1) is 11.3 Å². The second-order valence-electron chi connectivity index (χ2n) is 7.33. The molecule has 7 heteroatoms. The second-order valence-corrected chi connectivity index (χ2v) is 8.29. The van der Waals surface area contributed by atoms with Gasteiger partial charge in [0, 0.05) is 23.0 Å². The number of nitriles is 1. The average Bonchev–Trinajstić information content (AvgIpc) is 3.30. The highest BCUT2D eigenvalue weighted by Gasteiger charge is 2.24. The van der Waals surface area contributed by atoms with Gasteiger partial charge in [-0.25, -0.2) is 4.98 Å². The number of rotatable bonds is 7. The standard InChI is InChI=1S/C25H23N3O3S/c1-30-21-12-11-17(13-22(21)31-2)27-23(29)15-32-25-19(14-26)24(16-7-4-3-5-8-16)18-9-6-10-20(18)28-25/h3-5,7-8,11-13H,6,9-10,15H2,1-2H3,(H,27,29). The Balaban J connectivity index is 1.56. The van der Waals surface area contributed by atoms with Crippen molar-refractivity contribution in [2.45, 2.75) is 24.3 Å². The van der Waals surface area contributed by atoms with E-state index in [1.54, 1.807) is 32.4 Å². The van der Waals surface area contributed by atoms with Gasteiger partial charge in [-0.3, -0.25) is 4.79 Å². The van der Waals surface area contributed by atoms with Gasteiger partial charge in [0.25, 0.3) is 0 Å². The Morgan fingerprint density at radius 3 is 2.62 bits per heavy atom. The minimum atomic E-state index is -0.185. The Kier molecular flexibility index (Phi) is 6.62. The van der Waals surface area contributed by atoms with Gasteiger partial charge in [-0.15, -0.1) is 0 Å². The van der Waals surface area contributed by atoms with E-state index in [2.05, 4.69) is 11.4 Å². The molecule has 0 bridgehead atoms. The van der Waals surface area contributed by atoms with Gasteiger partial charge in [0.15, 0.2) is 11.5 Å². The van der Waals surface area contributed by atoms with E-state index in [-0.39, 0.29) is 11.7 Å². The molecule has 1 aliphatic carbocycles. The van der Waals surface area contributed by atoms with E-state index in [9.17, 15) is 10.1 Å². The Hall–Kier alpha value is -3.50. The molecule has 1 heterocycles. The molecule has 162 valence electrons. The fraction of sp³-hybridized carbons (Fsp3) is 0.240. The first-order valence-corrected chi connectivity index (χ1v) is 11.3. The van der Waals surface area contributed by atoms with Crippen LogP contribution < -0.4 is 14.8 Å². The number of hydrogen-bond acceptors (Lipinski definition) is 6. The highest BCUT2D eigenvalue weighted by atomic mass is 32.2. The van der Waals surface area contributed by atoms with Gasteiger partial charge in [0.05, 0.1) is 25.5 Å². The minimum Gasteiger partial charge on any atom is -0.493 e. The Morgan fingerprint density at radius 1 is 1.12 bits per heavy atom. The molecular weight excluding hydrogens is 422 g/mol. The number of fused-ring (bicyclic) bond motifs is 1. The zero-order valence-electron chi connectivity index (χ0n) is 18.0. The number of pyridine rings is 1. The molecule has 0 saturated heterocycles. The number of thioether (sulfide) groups is 1. The van der Waals surface area contributed by atoms with Crippen LogP contribution in [0.2, 0.25) is 0 Å². The predicted molar refractivity (Wildman–Crippen MR) is 125 cm³/mol. The number of hydrogen-bond donors (Lipinski definition) is 1. The number of anilines is 1. The first-order chi connectivity index (χ1) is 15.6. The fourth-order valence-corrected chi connectivity index (χ4v) is 4.74. The normalized spacial score (nSPS) is 12.0. The second kappa shape index (κ2) is 9.75. The third-order valence-corrected chi connectivity index (χ3v) is 6.35. The number of aryl methyl sites for hydroxylation is 1. The summed E-state index contributed by atoms with van der Waals surface area (Å²) in [5.74, 6) is 1.09. The lowest BCUT2D eigenvalue weighted by Crippen LogP contribution is -2.14. The van der Waals surface area contributed by atoms with Crippen molar-refractivity contribution in [1.82, 2.24) is 4.98 Å². The molecule has 6 nitrogen and oxygen atoms in total. The van der Waals surface area contributed by atoms with Gasteiger partial charge < -0.3 is 14.8 Å². The maximum atomic E-state index is 12.6. The van der Waals surface area contributed by atoms with E-state index in [1.807, 2.05) is 30.3 Å². The summed E-state index contributed by atoms with van der Waals surface area (Å²) >= 11 is 1.29. The van der Waals surface area contributed by atoms with Crippen molar-refractivity contribution in [3.05, 3.63) is 65.4 Å². The monoisotopic (exact) mass is 445 g/mol. The quantitative estimate of drug-likeness (QED) is 0.523. The van der Waals surface area contributed by atoms with E-state index < -0.39 is 0 Å². The van der Waals surface area contributed by atoms with Crippen molar-refractivity contribution in [2.24, 2.45) is 0 Å². The molecule has 4 rings (SSSR count). The van der Waals surface area contributed by atoms with Crippen molar-refractivity contribution in [3.63, 3.8) is 0 Å². The van der Waals surface area contributed by atoms with Crippen molar-refractivity contribution in [2.75, 3.05) is 25.3 Å². The van der Waals surface area contributed by atoms with Crippen LogP contribution in [0.3, 0.4) is 0 Å². The van der Waals surface area contributed by atoms with Crippen LogP contribution in [0.1, 0.15) is 23.2 Å². The van der Waals surface area contributed by atoms with E-state index in [0.29, 0.717) is 27.8 Å². The third kappa shape index (κ3) is 4.41. The van der Waals surface area contributed by atoms with Crippen LogP contribution in [0.25, 0.3) is 11.1 Å². The van der Waals surface area contributed by atoms with Crippen molar-refractivity contribution < 1.29 is 14.3 Å². The number of aromatic nitrogens is 1. The molecule has 32 heavy (non-hydrogen) atoms. The molecule has 0 spiro atoms. The number of nitrogens with zero attached hydrogens (tertiary/aromatic N) is 2. The van der Waals surface area contributed by atoms with Crippen LogP contribution in [-0.4, -0.2) is 30.9 Å². The lowest BCUT2D eigenvalue weighted by molar-refractivity contribution is -0.113.